The predicted molar refractivity (Wildman–Crippen MR) is 102 cm³/mol. The van der Waals surface area contributed by atoms with Gasteiger partial charge in [0.15, 0.2) is 6.29 Å². The number of carboxylic acids is 1. The molecule has 2 aromatic rings. The first kappa shape index (κ1) is 19.4. The topological polar surface area (TPSA) is 65.0 Å². The molecule has 5 nitrogen and oxygen atoms in total. The highest BCUT2D eigenvalue weighted by molar-refractivity contribution is 6.31. The lowest BCUT2D eigenvalue weighted by Crippen LogP contribution is -2.30. The van der Waals surface area contributed by atoms with Crippen LogP contribution in [0.3, 0.4) is 0 Å². The Morgan fingerprint density at radius 2 is 1.93 bits per heavy atom. The van der Waals surface area contributed by atoms with Crippen molar-refractivity contribution in [1.82, 2.24) is 0 Å². The summed E-state index contributed by atoms with van der Waals surface area (Å²) in [5.74, 6) is -0.319. The van der Waals surface area contributed by atoms with Gasteiger partial charge >= 0.3 is 5.97 Å². The van der Waals surface area contributed by atoms with Crippen molar-refractivity contribution in [2.24, 2.45) is 5.92 Å². The number of halogens is 1. The largest absolute Gasteiger partial charge is 0.496 e. The molecule has 1 saturated heterocycles. The van der Waals surface area contributed by atoms with E-state index in [9.17, 15) is 4.79 Å². The van der Waals surface area contributed by atoms with Crippen molar-refractivity contribution in [2.45, 2.75) is 18.8 Å². The van der Waals surface area contributed by atoms with Crippen LogP contribution >= 0.6 is 11.6 Å². The maximum Gasteiger partial charge on any atom is 0.327 e. The molecular formula is C21H21ClO5. The van der Waals surface area contributed by atoms with E-state index in [4.69, 9.17) is 30.9 Å². The Morgan fingerprint density at radius 3 is 2.63 bits per heavy atom. The highest BCUT2D eigenvalue weighted by atomic mass is 35.5. The number of rotatable bonds is 6. The normalized spacial score (nSPS) is 22.7. The number of allylic oxidation sites excluding steroid dienone is 1. The fourth-order valence-corrected chi connectivity index (χ4v) is 3.40. The summed E-state index contributed by atoms with van der Waals surface area (Å²) in [5.41, 5.74) is 1.66. The van der Waals surface area contributed by atoms with Crippen LogP contribution in [0.25, 0.3) is 0 Å². The molecule has 3 rings (SSSR count). The number of benzene rings is 2. The number of aliphatic carboxylic acids is 1. The average molecular weight is 389 g/mol. The minimum Gasteiger partial charge on any atom is -0.496 e. The first-order valence-corrected chi connectivity index (χ1v) is 9.01. The zero-order chi connectivity index (χ0) is 19.2. The number of para-hydroxylation sites is 1. The van der Waals surface area contributed by atoms with Crippen LogP contribution in [0.5, 0.6) is 5.75 Å². The van der Waals surface area contributed by atoms with E-state index in [2.05, 4.69) is 0 Å². The molecule has 0 bridgehead atoms. The molecule has 1 heterocycles. The summed E-state index contributed by atoms with van der Waals surface area (Å²) in [6, 6.07) is 15.0. The van der Waals surface area contributed by atoms with Crippen LogP contribution in [0.2, 0.25) is 5.02 Å². The lowest BCUT2D eigenvalue weighted by atomic mass is 9.91. The average Bonchev–Trinajstić information content (AvgIpc) is 2.68. The lowest BCUT2D eigenvalue weighted by Gasteiger charge is -2.37. The van der Waals surface area contributed by atoms with Crippen LogP contribution in [0.15, 0.2) is 60.7 Å². The van der Waals surface area contributed by atoms with Crippen LogP contribution < -0.4 is 4.74 Å². The van der Waals surface area contributed by atoms with Gasteiger partial charge in [0, 0.05) is 28.1 Å². The predicted octanol–water partition coefficient (Wildman–Crippen LogP) is 4.78. The Balaban J connectivity index is 1.90. The fourth-order valence-electron chi connectivity index (χ4n) is 3.18. The zero-order valence-electron chi connectivity index (χ0n) is 14.9. The molecule has 1 N–H and O–H groups in total. The first-order valence-electron chi connectivity index (χ1n) is 8.64. The van der Waals surface area contributed by atoms with Crippen LogP contribution in [0.4, 0.5) is 0 Å². The second kappa shape index (κ2) is 9.04. The minimum atomic E-state index is -0.976. The molecule has 6 heteroatoms. The highest BCUT2D eigenvalue weighted by Gasteiger charge is 2.35. The Morgan fingerprint density at radius 1 is 1.22 bits per heavy atom. The number of hydrogen-bond donors (Lipinski definition) is 1. The Labute approximate surface area is 163 Å². The molecule has 1 aliphatic heterocycles. The summed E-state index contributed by atoms with van der Waals surface area (Å²) >= 11 is 6.30. The van der Waals surface area contributed by atoms with Gasteiger partial charge in [0.25, 0.3) is 0 Å². The van der Waals surface area contributed by atoms with Gasteiger partial charge in [-0.3, -0.25) is 0 Å². The first-order chi connectivity index (χ1) is 13.1. The Hall–Kier alpha value is -2.34. The van der Waals surface area contributed by atoms with Gasteiger partial charge < -0.3 is 19.3 Å². The molecule has 3 atom stereocenters. The molecule has 0 unspecified atom stereocenters. The number of ether oxygens (including phenoxy) is 3. The van der Waals surface area contributed by atoms with E-state index < -0.39 is 12.3 Å². The van der Waals surface area contributed by atoms with Crippen molar-refractivity contribution in [3.8, 4) is 5.75 Å². The molecule has 1 fully saturated rings. The van der Waals surface area contributed by atoms with Crippen molar-refractivity contribution >= 4 is 17.6 Å². The molecule has 2 aromatic carbocycles. The van der Waals surface area contributed by atoms with Crippen molar-refractivity contribution in [3.05, 3.63) is 76.8 Å². The van der Waals surface area contributed by atoms with Crippen LogP contribution in [-0.4, -0.2) is 24.8 Å². The maximum atomic E-state index is 10.8. The highest BCUT2D eigenvalue weighted by Crippen LogP contribution is 2.43. The van der Waals surface area contributed by atoms with E-state index in [0.717, 1.165) is 23.0 Å². The second-order valence-electron chi connectivity index (χ2n) is 6.22. The summed E-state index contributed by atoms with van der Waals surface area (Å²) in [7, 11) is 1.61. The molecular weight excluding hydrogens is 368 g/mol. The van der Waals surface area contributed by atoms with Gasteiger partial charge in [-0.05, 0) is 18.6 Å². The van der Waals surface area contributed by atoms with Crippen molar-refractivity contribution in [1.29, 1.82) is 0 Å². The summed E-state index contributed by atoms with van der Waals surface area (Å²) < 4.78 is 17.7. The molecule has 142 valence electrons. The van der Waals surface area contributed by atoms with E-state index >= 15 is 0 Å². The Kier molecular flexibility index (Phi) is 6.50. The minimum absolute atomic E-state index is 0.0596. The van der Waals surface area contributed by atoms with E-state index in [-0.39, 0.29) is 12.0 Å². The molecule has 0 saturated carbocycles. The number of methoxy groups -OCH3 is 1. The van der Waals surface area contributed by atoms with E-state index in [1.54, 1.807) is 19.3 Å². The summed E-state index contributed by atoms with van der Waals surface area (Å²) in [6.07, 6.45) is 2.34. The molecule has 27 heavy (non-hydrogen) atoms. The monoisotopic (exact) mass is 388 g/mol. The lowest BCUT2D eigenvalue weighted by molar-refractivity contribution is -0.244. The van der Waals surface area contributed by atoms with E-state index in [1.165, 1.54) is 0 Å². The standard InChI is InChI=1S/C21H21ClO5/c1-25-18-11-5-3-9-16(18)20-14(7-6-12-19(23)24)13-26-21(27-20)15-8-2-4-10-17(15)22/h2-6,8-12,14,20-21H,7,13H2,1H3,(H,23,24)/b12-6+/t14-,20+,21+/m1/s1. The molecule has 1 aliphatic rings. The summed E-state index contributed by atoms with van der Waals surface area (Å²) in [6.45, 7) is 0.405. The van der Waals surface area contributed by atoms with E-state index in [1.807, 2.05) is 42.5 Å². The van der Waals surface area contributed by atoms with Gasteiger partial charge in [0.05, 0.1) is 19.8 Å². The van der Waals surface area contributed by atoms with E-state index in [0.29, 0.717) is 18.1 Å². The van der Waals surface area contributed by atoms with Gasteiger partial charge in [0.1, 0.15) is 5.75 Å². The smallest absolute Gasteiger partial charge is 0.327 e. The fraction of sp³-hybridized carbons (Fsp3) is 0.286. The SMILES string of the molecule is COc1ccccc1[C@H]1O[C@@H](c2ccccc2Cl)OC[C@H]1C/C=C/C(=O)O. The Bertz CT molecular complexity index is 820. The summed E-state index contributed by atoms with van der Waals surface area (Å²) in [4.78, 5) is 10.8. The van der Waals surface area contributed by atoms with Gasteiger partial charge in [-0.15, -0.1) is 0 Å². The van der Waals surface area contributed by atoms with Gasteiger partial charge in [-0.25, -0.2) is 4.79 Å². The maximum absolute atomic E-state index is 10.8. The van der Waals surface area contributed by atoms with Crippen molar-refractivity contribution < 1.29 is 24.1 Å². The van der Waals surface area contributed by atoms with Crippen molar-refractivity contribution in [2.75, 3.05) is 13.7 Å². The van der Waals surface area contributed by atoms with Gasteiger partial charge in [-0.1, -0.05) is 54.1 Å². The molecule has 0 amide bonds. The molecule has 0 radical (unpaired) electrons. The number of hydrogen-bond acceptors (Lipinski definition) is 4. The summed E-state index contributed by atoms with van der Waals surface area (Å²) in [5, 5.41) is 9.42. The number of carboxylic acid groups (broad SMARTS) is 1. The van der Waals surface area contributed by atoms with Crippen LogP contribution in [-0.2, 0) is 14.3 Å². The third-order valence-electron chi connectivity index (χ3n) is 4.46. The zero-order valence-corrected chi connectivity index (χ0v) is 15.6. The van der Waals surface area contributed by atoms with Crippen LogP contribution in [0, 0.1) is 5.92 Å². The van der Waals surface area contributed by atoms with Crippen LogP contribution in [0.1, 0.15) is 29.9 Å². The van der Waals surface area contributed by atoms with Gasteiger partial charge in [0.2, 0.25) is 0 Å². The third kappa shape index (κ3) is 4.69. The van der Waals surface area contributed by atoms with Crippen molar-refractivity contribution in [3.63, 3.8) is 0 Å². The molecule has 0 aromatic heterocycles. The second-order valence-corrected chi connectivity index (χ2v) is 6.63. The molecule has 0 spiro atoms. The quantitative estimate of drug-likeness (QED) is 0.721. The molecule has 0 aliphatic carbocycles. The number of carbonyl (C=O) groups is 1. The third-order valence-corrected chi connectivity index (χ3v) is 4.81. The van der Waals surface area contributed by atoms with Gasteiger partial charge in [-0.2, -0.15) is 0 Å².